The highest BCUT2D eigenvalue weighted by atomic mass is 32.1. The zero-order chi connectivity index (χ0) is 22.1. The van der Waals surface area contributed by atoms with Crippen molar-refractivity contribution >= 4 is 33.3 Å². The molecule has 0 fully saturated rings. The predicted octanol–water partition coefficient (Wildman–Crippen LogP) is 3.78. The summed E-state index contributed by atoms with van der Waals surface area (Å²) in [4.78, 5) is 25.4. The molecular weight excluding hydrogens is 424 g/mol. The molecule has 0 radical (unpaired) electrons. The monoisotopic (exact) mass is 444 g/mol. The van der Waals surface area contributed by atoms with Crippen LogP contribution in [0.25, 0.3) is 16.0 Å². The summed E-state index contributed by atoms with van der Waals surface area (Å²) >= 11 is 1.36. The fraction of sp³-hybridized carbons (Fsp3) is 0.167. The van der Waals surface area contributed by atoms with Crippen molar-refractivity contribution < 1.29 is 9.53 Å². The summed E-state index contributed by atoms with van der Waals surface area (Å²) in [5.74, 6) is 0.473. The molecule has 0 unspecified atom stereocenters. The SMILES string of the molecule is Cn1c(=O)c2sccc2n2c(COC(=O)c3ccccc3CCc3ccccc3)nnc12. The summed E-state index contributed by atoms with van der Waals surface area (Å²) < 4.78 is 9.45. The summed E-state index contributed by atoms with van der Waals surface area (Å²) in [6.45, 7) is -0.0455. The van der Waals surface area contributed by atoms with Crippen LogP contribution in [0, 0.1) is 0 Å². The highest BCUT2D eigenvalue weighted by Crippen LogP contribution is 2.20. The van der Waals surface area contributed by atoms with Crippen molar-refractivity contribution in [1.82, 2.24) is 19.2 Å². The highest BCUT2D eigenvalue weighted by molar-refractivity contribution is 7.17. The van der Waals surface area contributed by atoms with Crippen LogP contribution >= 0.6 is 11.3 Å². The van der Waals surface area contributed by atoms with Gasteiger partial charge in [-0.05, 0) is 41.5 Å². The average Bonchev–Trinajstić information content (AvgIpc) is 3.48. The van der Waals surface area contributed by atoms with E-state index in [9.17, 15) is 9.59 Å². The molecule has 0 aliphatic rings. The zero-order valence-electron chi connectivity index (χ0n) is 17.4. The summed E-state index contributed by atoms with van der Waals surface area (Å²) in [7, 11) is 1.66. The molecule has 0 saturated heterocycles. The molecule has 8 heteroatoms. The Balaban J connectivity index is 1.38. The van der Waals surface area contributed by atoms with Crippen molar-refractivity contribution in [2.45, 2.75) is 19.4 Å². The minimum atomic E-state index is -0.406. The lowest BCUT2D eigenvalue weighted by Gasteiger charge is -2.10. The van der Waals surface area contributed by atoms with Gasteiger partial charge in [-0.3, -0.25) is 13.8 Å². The van der Waals surface area contributed by atoms with Gasteiger partial charge in [-0.1, -0.05) is 48.5 Å². The van der Waals surface area contributed by atoms with Crippen molar-refractivity contribution in [2.24, 2.45) is 7.05 Å². The number of hydrogen-bond acceptors (Lipinski definition) is 6. The number of thiophene rings is 1. The van der Waals surface area contributed by atoms with Gasteiger partial charge in [-0.2, -0.15) is 0 Å². The van der Waals surface area contributed by atoms with Crippen molar-refractivity contribution in [2.75, 3.05) is 0 Å². The number of carbonyl (C=O) groups excluding carboxylic acids is 1. The fourth-order valence-corrected chi connectivity index (χ4v) is 4.67. The lowest BCUT2D eigenvalue weighted by Crippen LogP contribution is -2.19. The fourth-order valence-electron chi connectivity index (χ4n) is 3.82. The van der Waals surface area contributed by atoms with Crippen LogP contribution in [0.5, 0.6) is 0 Å². The van der Waals surface area contributed by atoms with E-state index < -0.39 is 5.97 Å². The second-order valence-corrected chi connectivity index (χ2v) is 8.39. The van der Waals surface area contributed by atoms with E-state index in [1.165, 1.54) is 21.5 Å². The van der Waals surface area contributed by atoms with E-state index in [1.54, 1.807) is 17.5 Å². The molecule has 3 heterocycles. The van der Waals surface area contributed by atoms with Gasteiger partial charge in [0.2, 0.25) is 5.78 Å². The van der Waals surface area contributed by atoms with E-state index >= 15 is 0 Å². The van der Waals surface area contributed by atoms with Gasteiger partial charge in [0, 0.05) is 7.05 Å². The minimum Gasteiger partial charge on any atom is -0.454 e. The number of benzene rings is 2. The van der Waals surface area contributed by atoms with Crippen LogP contribution in [-0.4, -0.2) is 25.1 Å². The average molecular weight is 445 g/mol. The second kappa shape index (κ2) is 8.39. The van der Waals surface area contributed by atoms with E-state index in [2.05, 4.69) is 22.3 Å². The molecule has 32 heavy (non-hydrogen) atoms. The van der Waals surface area contributed by atoms with Crippen LogP contribution < -0.4 is 5.56 Å². The maximum absolute atomic E-state index is 12.9. The van der Waals surface area contributed by atoms with Crippen LogP contribution in [0.15, 0.2) is 70.8 Å². The van der Waals surface area contributed by atoms with Crippen LogP contribution in [0.3, 0.4) is 0 Å². The molecule has 0 amide bonds. The van der Waals surface area contributed by atoms with Gasteiger partial charge in [0.1, 0.15) is 4.70 Å². The van der Waals surface area contributed by atoms with Gasteiger partial charge in [-0.25, -0.2) is 4.79 Å². The van der Waals surface area contributed by atoms with Gasteiger partial charge in [-0.15, -0.1) is 21.5 Å². The lowest BCUT2D eigenvalue weighted by atomic mass is 10.00. The number of aromatic nitrogens is 4. The minimum absolute atomic E-state index is 0.0455. The first-order valence-electron chi connectivity index (χ1n) is 10.2. The smallest absolute Gasteiger partial charge is 0.338 e. The Labute approximate surface area is 187 Å². The summed E-state index contributed by atoms with van der Waals surface area (Å²) in [5, 5.41) is 10.2. The van der Waals surface area contributed by atoms with Gasteiger partial charge >= 0.3 is 5.97 Å². The first-order valence-corrected chi connectivity index (χ1v) is 11.1. The van der Waals surface area contributed by atoms with Gasteiger partial charge in [0.05, 0.1) is 11.1 Å². The van der Waals surface area contributed by atoms with Crippen molar-refractivity contribution in [3.05, 3.63) is 98.9 Å². The molecule has 0 N–H and O–H groups in total. The van der Waals surface area contributed by atoms with Crippen LogP contribution in [0.4, 0.5) is 0 Å². The maximum atomic E-state index is 12.9. The number of ether oxygens (including phenoxy) is 1. The van der Waals surface area contributed by atoms with E-state index in [1.807, 2.05) is 47.8 Å². The lowest BCUT2D eigenvalue weighted by molar-refractivity contribution is 0.0460. The van der Waals surface area contributed by atoms with Crippen LogP contribution in [-0.2, 0) is 31.2 Å². The quantitative estimate of drug-likeness (QED) is 0.373. The Morgan fingerprint density at radius 2 is 1.78 bits per heavy atom. The number of carbonyl (C=O) groups is 1. The number of aryl methyl sites for hydroxylation is 3. The molecule has 160 valence electrons. The normalized spacial score (nSPS) is 11.3. The third-order valence-corrected chi connectivity index (χ3v) is 6.38. The van der Waals surface area contributed by atoms with E-state index in [4.69, 9.17) is 4.74 Å². The van der Waals surface area contributed by atoms with Crippen LogP contribution in [0.1, 0.15) is 27.3 Å². The number of rotatable bonds is 6. The molecule has 0 aliphatic carbocycles. The number of nitrogens with zero attached hydrogens (tertiary/aromatic N) is 4. The molecule has 5 aromatic rings. The summed E-state index contributed by atoms with van der Waals surface area (Å²) in [6.07, 6.45) is 1.57. The maximum Gasteiger partial charge on any atom is 0.338 e. The molecule has 3 aromatic heterocycles. The number of fused-ring (bicyclic) bond motifs is 3. The molecule has 0 aliphatic heterocycles. The molecule has 2 aromatic carbocycles. The third kappa shape index (κ3) is 3.58. The standard InChI is InChI=1S/C24H20N4O3S/c1-27-22(29)21-19(13-14-32-21)28-20(25-26-24(27)28)15-31-23(30)18-10-6-5-9-17(18)12-11-16-7-3-2-4-8-16/h2-10,13-14H,11-12,15H2,1H3. The van der Waals surface area contributed by atoms with E-state index in [0.717, 1.165) is 18.4 Å². The zero-order valence-corrected chi connectivity index (χ0v) is 18.2. The first kappa shape index (κ1) is 20.1. The Hall–Kier alpha value is -3.78. The topological polar surface area (TPSA) is 78.5 Å². The Morgan fingerprint density at radius 1 is 1.00 bits per heavy atom. The largest absolute Gasteiger partial charge is 0.454 e. The Morgan fingerprint density at radius 3 is 2.62 bits per heavy atom. The van der Waals surface area contributed by atoms with Gasteiger partial charge < -0.3 is 4.74 Å². The molecule has 0 saturated carbocycles. The second-order valence-electron chi connectivity index (χ2n) is 7.47. The predicted molar refractivity (Wildman–Crippen MR) is 123 cm³/mol. The number of esters is 1. The summed E-state index contributed by atoms with van der Waals surface area (Å²) in [6, 6.07) is 19.5. The number of hydrogen-bond donors (Lipinski definition) is 0. The molecule has 7 nitrogen and oxygen atoms in total. The Bertz CT molecular complexity index is 1480. The van der Waals surface area contributed by atoms with Gasteiger partial charge in [0.25, 0.3) is 5.56 Å². The molecule has 0 bridgehead atoms. The van der Waals surface area contributed by atoms with Crippen molar-refractivity contribution in [1.29, 1.82) is 0 Å². The van der Waals surface area contributed by atoms with Crippen molar-refractivity contribution in [3.8, 4) is 0 Å². The molecule has 5 rings (SSSR count). The van der Waals surface area contributed by atoms with E-state index in [-0.39, 0.29) is 12.2 Å². The Kier molecular flexibility index (Phi) is 5.28. The molecule has 0 spiro atoms. The molecule has 0 atom stereocenters. The van der Waals surface area contributed by atoms with E-state index in [0.29, 0.717) is 27.4 Å². The van der Waals surface area contributed by atoms with Crippen LogP contribution in [0.2, 0.25) is 0 Å². The first-order chi connectivity index (χ1) is 15.6. The summed E-state index contributed by atoms with van der Waals surface area (Å²) in [5.41, 5.74) is 3.30. The molecular formula is C24H20N4O3S. The highest BCUT2D eigenvalue weighted by Gasteiger charge is 2.18. The van der Waals surface area contributed by atoms with Crippen molar-refractivity contribution in [3.63, 3.8) is 0 Å². The van der Waals surface area contributed by atoms with Gasteiger partial charge in [0.15, 0.2) is 12.4 Å². The third-order valence-electron chi connectivity index (χ3n) is 5.49.